The van der Waals surface area contributed by atoms with Gasteiger partial charge in [-0.1, -0.05) is 25.7 Å². The lowest BCUT2D eigenvalue weighted by molar-refractivity contribution is 0.282. The van der Waals surface area contributed by atoms with E-state index in [1.54, 1.807) is 0 Å². The lowest BCUT2D eigenvalue weighted by Gasteiger charge is -2.04. The van der Waals surface area contributed by atoms with Gasteiger partial charge in [-0.15, -0.1) is 0 Å². The zero-order valence-corrected chi connectivity index (χ0v) is 9.65. The smallest absolute Gasteiger partial charge is 0.105 e. The summed E-state index contributed by atoms with van der Waals surface area (Å²) in [5.41, 5.74) is 0. The summed E-state index contributed by atoms with van der Waals surface area (Å²) in [4.78, 5) is 4.19. The van der Waals surface area contributed by atoms with E-state index in [9.17, 15) is 0 Å². The largest absolute Gasteiger partial charge is 0.396 e. The van der Waals surface area contributed by atoms with Gasteiger partial charge in [0.15, 0.2) is 0 Å². The maximum Gasteiger partial charge on any atom is 0.105 e. The minimum absolute atomic E-state index is 0.341. The molecule has 0 unspecified atom stereocenters. The van der Waals surface area contributed by atoms with Crippen LogP contribution in [0.4, 0.5) is 0 Å². The highest BCUT2D eigenvalue weighted by Crippen LogP contribution is 2.07. The Morgan fingerprint density at radius 2 is 1.80 bits per heavy atom. The molecule has 1 rings (SSSR count). The summed E-state index contributed by atoms with van der Waals surface area (Å²) < 4.78 is 2.20. The van der Waals surface area contributed by atoms with Crippen molar-refractivity contribution in [3.8, 4) is 0 Å². The first kappa shape index (κ1) is 12.2. The SMILES string of the molecule is Cc1nccn1CCCCCCCCO. The van der Waals surface area contributed by atoms with Crippen molar-refractivity contribution >= 4 is 0 Å². The van der Waals surface area contributed by atoms with Gasteiger partial charge in [-0.25, -0.2) is 4.98 Å². The molecule has 0 aliphatic rings. The van der Waals surface area contributed by atoms with Crippen LogP contribution in [0.25, 0.3) is 0 Å². The molecule has 86 valence electrons. The molecule has 0 fully saturated rings. The third-order valence-electron chi connectivity index (χ3n) is 2.73. The molecule has 0 radical (unpaired) electrons. The molecule has 0 aliphatic heterocycles. The van der Waals surface area contributed by atoms with Crippen LogP contribution >= 0.6 is 0 Å². The molecule has 0 saturated heterocycles. The molecule has 0 spiro atoms. The summed E-state index contributed by atoms with van der Waals surface area (Å²) in [6.07, 6.45) is 11.1. The van der Waals surface area contributed by atoms with E-state index in [1.165, 1.54) is 32.1 Å². The van der Waals surface area contributed by atoms with E-state index in [-0.39, 0.29) is 0 Å². The molecule has 15 heavy (non-hydrogen) atoms. The lowest BCUT2D eigenvalue weighted by Crippen LogP contribution is -1.98. The van der Waals surface area contributed by atoms with E-state index in [2.05, 4.69) is 9.55 Å². The minimum Gasteiger partial charge on any atom is -0.396 e. The predicted octanol–water partition coefficient (Wildman–Crippen LogP) is 2.52. The van der Waals surface area contributed by atoms with Crippen LogP contribution in [-0.2, 0) is 6.54 Å². The highest BCUT2D eigenvalue weighted by Gasteiger charge is 1.96. The van der Waals surface area contributed by atoms with E-state index in [1.807, 2.05) is 19.3 Å². The van der Waals surface area contributed by atoms with Crippen molar-refractivity contribution in [3.05, 3.63) is 18.2 Å². The average molecular weight is 210 g/mol. The predicted molar refractivity (Wildman–Crippen MR) is 61.8 cm³/mol. The number of aromatic nitrogens is 2. The Kier molecular flexibility index (Phi) is 6.09. The Labute approximate surface area is 92.1 Å². The van der Waals surface area contributed by atoms with Crippen molar-refractivity contribution in [2.75, 3.05) is 6.61 Å². The summed E-state index contributed by atoms with van der Waals surface area (Å²) in [6.45, 7) is 3.47. The number of aliphatic hydroxyl groups excluding tert-OH is 1. The summed E-state index contributed by atoms with van der Waals surface area (Å²) >= 11 is 0. The van der Waals surface area contributed by atoms with Gasteiger partial charge >= 0.3 is 0 Å². The van der Waals surface area contributed by atoms with Crippen LogP contribution in [0.15, 0.2) is 12.4 Å². The van der Waals surface area contributed by atoms with Crippen LogP contribution in [0.1, 0.15) is 44.3 Å². The Balaban J connectivity index is 1.96. The lowest BCUT2D eigenvalue weighted by atomic mass is 10.1. The monoisotopic (exact) mass is 210 g/mol. The fraction of sp³-hybridized carbons (Fsp3) is 0.750. The van der Waals surface area contributed by atoms with Crippen LogP contribution in [0, 0.1) is 6.92 Å². The third-order valence-corrected chi connectivity index (χ3v) is 2.73. The fourth-order valence-electron chi connectivity index (χ4n) is 1.74. The molecule has 3 heteroatoms. The average Bonchev–Trinajstić information content (AvgIpc) is 2.63. The van der Waals surface area contributed by atoms with Crippen LogP contribution in [0.3, 0.4) is 0 Å². The highest BCUT2D eigenvalue weighted by atomic mass is 16.2. The van der Waals surface area contributed by atoms with Gasteiger partial charge in [0.1, 0.15) is 5.82 Å². The van der Waals surface area contributed by atoms with Crippen LogP contribution in [0.5, 0.6) is 0 Å². The number of nitrogens with zero attached hydrogens (tertiary/aromatic N) is 2. The molecule has 1 aromatic rings. The first-order valence-corrected chi connectivity index (χ1v) is 5.93. The van der Waals surface area contributed by atoms with E-state index in [4.69, 9.17) is 5.11 Å². The molecule has 0 aliphatic carbocycles. The number of aryl methyl sites for hydroxylation is 2. The third kappa shape index (κ3) is 4.98. The molecule has 0 atom stereocenters. The molecule has 1 aromatic heterocycles. The molecule has 0 amide bonds. The van der Waals surface area contributed by atoms with Crippen molar-refractivity contribution < 1.29 is 5.11 Å². The maximum absolute atomic E-state index is 8.61. The summed E-state index contributed by atoms with van der Waals surface area (Å²) in [5, 5.41) is 8.61. The van der Waals surface area contributed by atoms with Crippen molar-refractivity contribution in [1.82, 2.24) is 9.55 Å². The second-order valence-electron chi connectivity index (χ2n) is 4.01. The van der Waals surface area contributed by atoms with E-state index in [0.717, 1.165) is 18.8 Å². The summed E-state index contributed by atoms with van der Waals surface area (Å²) in [5.74, 6) is 1.11. The zero-order chi connectivity index (χ0) is 10.9. The van der Waals surface area contributed by atoms with E-state index in [0.29, 0.717) is 6.61 Å². The number of rotatable bonds is 8. The maximum atomic E-state index is 8.61. The second kappa shape index (κ2) is 7.46. The second-order valence-corrected chi connectivity index (χ2v) is 4.01. The minimum atomic E-state index is 0.341. The van der Waals surface area contributed by atoms with Gasteiger partial charge in [0, 0.05) is 25.5 Å². The zero-order valence-electron chi connectivity index (χ0n) is 9.65. The quantitative estimate of drug-likeness (QED) is 0.669. The van der Waals surface area contributed by atoms with Gasteiger partial charge in [0.05, 0.1) is 0 Å². The van der Waals surface area contributed by atoms with Crippen LogP contribution in [-0.4, -0.2) is 21.3 Å². The van der Waals surface area contributed by atoms with Gasteiger partial charge in [-0.3, -0.25) is 0 Å². The molecule has 1 heterocycles. The molecule has 0 saturated carbocycles. The normalized spacial score (nSPS) is 10.8. The molecule has 1 N–H and O–H groups in total. The van der Waals surface area contributed by atoms with Gasteiger partial charge in [-0.05, 0) is 19.8 Å². The van der Waals surface area contributed by atoms with Crippen molar-refractivity contribution in [2.45, 2.75) is 52.0 Å². The summed E-state index contributed by atoms with van der Waals surface area (Å²) in [7, 11) is 0. The molecule has 0 aromatic carbocycles. The number of unbranched alkanes of at least 4 members (excludes halogenated alkanes) is 5. The number of hydrogen-bond donors (Lipinski definition) is 1. The van der Waals surface area contributed by atoms with Crippen LogP contribution < -0.4 is 0 Å². The van der Waals surface area contributed by atoms with Crippen LogP contribution in [0.2, 0.25) is 0 Å². The van der Waals surface area contributed by atoms with Crippen molar-refractivity contribution in [3.63, 3.8) is 0 Å². The standard InChI is InChI=1S/C12H22N2O/c1-12-13-8-10-14(12)9-6-4-2-3-5-7-11-15/h8,10,15H,2-7,9,11H2,1H3. The fourth-order valence-corrected chi connectivity index (χ4v) is 1.74. The topological polar surface area (TPSA) is 38.0 Å². The first-order valence-electron chi connectivity index (χ1n) is 5.93. The number of imidazole rings is 1. The van der Waals surface area contributed by atoms with E-state index < -0.39 is 0 Å². The van der Waals surface area contributed by atoms with E-state index >= 15 is 0 Å². The van der Waals surface area contributed by atoms with Crippen molar-refractivity contribution in [2.24, 2.45) is 0 Å². The molecule has 0 bridgehead atoms. The first-order chi connectivity index (χ1) is 7.34. The number of hydrogen-bond acceptors (Lipinski definition) is 2. The Bertz CT molecular complexity index is 258. The highest BCUT2D eigenvalue weighted by molar-refractivity contribution is 4.87. The molecule has 3 nitrogen and oxygen atoms in total. The Morgan fingerprint density at radius 1 is 1.13 bits per heavy atom. The summed E-state index contributed by atoms with van der Waals surface area (Å²) in [6, 6.07) is 0. The van der Waals surface area contributed by atoms with Gasteiger partial charge in [0.2, 0.25) is 0 Å². The Morgan fingerprint density at radius 3 is 2.40 bits per heavy atom. The number of aliphatic hydroxyl groups is 1. The van der Waals surface area contributed by atoms with Crippen molar-refractivity contribution in [1.29, 1.82) is 0 Å². The molecular formula is C12H22N2O. The van der Waals surface area contributed by atoms with Gasteiger partial charge in [0.25, 0.3) is 0 Å². The van der Waals surface area contributed by atoms with Gasteiger partial charge < -0.3 is 9.67 Å². The molecular weight excluding hydrogens is 188 g/mol. The van der Waals surface area contributed by atoms with Gasteiger partial charge in [-0.2, -0.15) is 0 Å². The Hall–Kier alpha value is -0.830.